The summed E-state index contributed by atoms with van der Waals surface area (Å²) in [6, 6.07) is 7.05. The molecule has 0 saturated heterocycles. The molecule has 0 atom stereocenters. The van der Waals surface area contributed by atoms with E-state index in [1.54, 1.807) is 45.4 Å². The Morgan fingerprint density at radius 1 is 1.30 bits per heavy atom. The van der Waals surface area contributed by atoms with E-state index >= 15 is 0 Å². The van der Waals surface area contributed by atoms with Gasteiger partial charge < -0.3 is 19.5 Å². The van der Waals surface area contributed by atoms with E-state index in [4.69, 9.17) is 4.42 Å². The summed E-state index contributed by atoms with van der Waals surface area (Å²) in [6.45, 7) is 3.34. The lowest BCUT2D eigenvalue weighted by atomic mass is 9.92. The molecular weight excluding hydrogens is 296 g/mol. The molecule has 2 heterocycles. The molecule has 0 saturated carbocycles. The molecular formula is C17H22N2O4. The maximum absolute atomic E-state index is 12.6. The molecule has 0 aromatic carbocycles. The van der Waals surface area contributed by atoms with Crippen LogP contribution in [-0.4, -0.2) is 52.8 Å². The largest absolute Gasteiger partial charge is 0.463 e. The zero-order chi connectivity index (χ0) is 17.0. The summed E-state index contributed by atoms with van der Waals surface area (Å²) in [7, 11) is 1.64. The van der Waals surface area contributed by atoms with Crippen molar-refractivity contribution in [2.24, 2.45) is 5.41 Å². The Kier molecular flexibility index (Phi) is 5.18. The van der Waals surface area contributed by atoms with Gasteiger partial charge >= 0.3 is 0 Å². The highest BCUT2D eigenvalue weighted by molar-refractivity contribution is 5.95. The summed E-state index contributed by atoms with van der Waals surface area (Å²) in [4.78, 5) is 18.5. The van der Waals surface area contributed by atoms with Crippen LogP contribution in [0, 0.1) is 12.3 Å². The van der Waals surface area contributed by atoms with Crippen LogP contribution >= 0.6 is 0 Å². The van der Waals surface area contributed by atoms with Crippen molar-refractivity contribution >= 4 is 5.91 Å². The van der Waals surface area contributed by atoms with E-state index in [9.17, 15) is 15.0 Å². The first-order valence-corrected chi connectivity index (χ1v) is 7.39. The fourth-order valence-corrected chi connectivity index (χ4v) is 2.35. The van der Waals surface area contributed by atoms with E-state index in [0.717, 1.165) is 0 Å². The Hall–Kier alpha value is -2.18. The number of carbonyl (C=O) groups is 1. The molecule has 0 aliphatic rings. The Labute approximate surface area is 135 Å². The smallest absolute Gasteiger partial charge is 0.255 e. The van der Waals surface area contributed by atoms with E-state index in [2.05, 4.69) is 4.98 Å². The average molecular weight is 318 g/mol. The van der Waals surface area contributed by atoms with Crippen LogP contribution < -0.4 is 0 Å². The predicted molar refractivity (Wildman–Crippen MR) is 85.9 cm³/mol. The molecule has 2 rings (SSSR count). The van der Waals surface area contributed by atoms with Gasteiger partial charge in [0, 0.05) is 19.0 Å². The third-order valence-corrected chi connectivity index (χ3v) is 3.82. The molecule has 0 unspecified atom stereocenters. The molecule has 0 aliphatic heterocycles. The van der Waals surface area contributed by atoms with E-state index < -0.39 is 5.41 Å². The fourth-order valence-electron chi connectivity index (χ4n) is 2.35. The number of rotatable bonds is 6. The second-order valence-electron chi connectivity index (χ2n) is 6.09. The highest BCUT2D eigenvalue weighted by Crippen LogP contribution is 2.21. The van der Waals surface area contributed by atoms with Gasteiger partial charge in [-0.3, -0.25) is 4.79 Å². The molecule has 0 radical (unpaired) electrons. The fraction of sp³-hybridized carbons (Fsp3) is 0.412. The average Bonchev–Trinajstić information content (AvgIpc) is 3.08. The second kappa shape index (κ2) is 6.93. The first-order valence-electron chi connectivity index (χ1n) is 7.39. The number of hydrogen-bond donors (Lipinski definition) is 2. The molecule has 0 bridgehead atoms. The minimum absolute atomic E-state index is 0.199. The van der Waals surface area contributed by atoms with Crippen LogP contribution in [0.1, 0.15) is 23.0 Å². The van der Waals surface area contributed by atoms with E-state index in [-0.39, 0.29) is 25.7 Å². The van der Waals surface area contributed by atoms with Crippen molar-refractivity contribution in [2.45, 2.75) is 13.8 Å². The van der Waals surface area contributed by atoms with Crippen LogP contribution in [0.15, 0.2) is 34.9 Å². The number of aryl methyl sites for hydroxylation is 1. The number of amides is 1. The van der Waals surface area contributed by atoms with E-state index in [1.807, 2.05) is 6.07 Å². The molecule has 1 amide bonds. The highest BCUT2D eigenvalue weighted by Gasteiger charge is 2.27. The second-order valence-corrected chi connectivity index (χ2v) is 6.09. The standard InChI is InChI=1S/C17H22N2O4/c1-12-13(6-7-14(18-12)15-5-4-8-23-15)16(22)19(3)9-17(2,10-20)11-21/h4-8,20-21H,9-11H2,1-3H3. The molecule has 0 spiro atoms. The number of aliphatic hydroxyl groups is 2. The Balaban J connectivity index is 2.19. The molecule has 6 heteroatoms. The van der Waals surface area contributed by atoms with E-state index in [0.29, 0.717) is 22.7 Å². The monoisotopic (exact) mass is 318 g/mol. The summed E-state index contributed by atoms with van der Waals surface area (Å²) < 4.78 is 5.30. The van der Waals surface area contributed by atoms with Gasteiger partial charge in [0.2, 0.25) is 0 Å². The molecule has 0 fully saturated rings. The molecule has 2 aromatic heterocycles. The van der Waals surface area contributed by atoms with Gasteiger partial charge in [-0.1, -0.05) is 6.92 Å². The molecule has 2 aromatic rings. The van der Waals surface area contributed by atoms with Gasteiger partial charge in [0.1, 0.15) is 5.69 Å². The van der Waals surface area contributed by atoms with Crippen molar-refractivity contribution in [1.82, 2.24) is 9.88 Å². The highest BCUT2D eigenvalue weighted by atomic mass is 16.3. The zero-order valence-electron chi connectivity index (χ0n) is 13.6. The zero-order valence-corrected chi connectivity index (χ0v) is 13.6. The molecule has 23 heavy (non-hydrogen) atoms. The van der Waals surface area contributed by atoms with Crippen LogP contribution in [0.5, 0.6) is 0 Å². The normalized spacial score (nSPS) is 11.5. The lowest BCUT2D eigenvalue weighted by Crippen LogP contribution is -2.41. The first-order chi connectivity index (χ1) is 10.9. The topological polar surface area (TPSA) is 86.8 Å². The van der Waals surface area contributed by atoms with Gasteiger partial charge in [-0.25, -0.2) is 4.98 Å². The van der Waals surface area contributed by atoms with Gasteiger partial charge in [0.15, 0.2) is 5.76 Å². The lowest BCUT2D eigenvalue weighted by molar-refractivity contribution is 0.0365. The maximum atomic E-state index is 12.6. The molecule has 6 nitrogen and oxygen atoms in total. The minimum Gasteiger partial charge on any atom is -0.463 e. The number of carbonyl (C=O) groups excluding carboxylic acids is 1. The van der Waals surface area contributed by atoms with Gasteiger partial charge in [-0.05, 0) is 31.2 Å². The summed E-state index contributed by atoms with van der Waals surface area (Å²) in [6.07, 6.45) is 1.57. The number of hydrogen-bond acceptors (Lipinski definition) is 5. The molecule has 2 N–H and O–H groups in total. The number of nitrogens with zero attached hydrogens (tertiary/aromatic N) is 2. The summed E-state index contributed by atoms with van der Waals surface area (Å²) in [5.41, 5.74) is 1.02. The first kappa shape index (κ1) is 17.2. The van der Waals surface area contributed by atoms with Crippen LogP contribution in [0.2, 0.25) is 0 Å². The number of pyridine rings is 1. The van der Waals surface area contributed by atoms with E-state index in [1.165, 1.54) is 4.90 Å². The summed E-state index contributed by atoms with van der Waals surface area (Å²) >= 11 is 0. The van der Waals surface area contributed by atoms with Gasteiger partial charge in [0.05, 0.1) is 30.7 Å². The minimum atomic E-state index is -0.736. The number of aromatic nitrogens is 1. The van der Waals surface area contributed by atoms with Crippen LogP contribution in [0.25, 0.3) is 11.5 Å². The van der Waals surface area contributed by atoms with Crippen molar-refractivity contribution in [3.8, 4) is 11.5 Å². The number of aliphatic hydroxyl groups excluding tert-OH is 2. The van der Waals surface area contributed by atoms with Gasteiger partial charge in [-0.2, -0.15) is 0 Å². The Bertz CT molecular complexity index is 663. The molecule has 0 aliphatic carbocycles. The van der Waals surface area contributed by atoms with Crippen LogP contribution in [0.4, 0.5) is 0 Å². The van der Waals surface area contributed by atoms with Gasteiger partial charge in [0.25, 0.3) is 5.91 Å². The Morgan fingerprint density at radius 3 is 2.52 bits per heavy atom. The van der Waals surface area contributed by atoms with Crippen LogP contribution in [-0.2, 0) is 0 Å². The lowest BCUT2D eigenvalue weighted by Gasteiger charge is -2.30. The SMILES string of the molecule is Cc1nc(-c2ccco2)ccc1C(=O)N(C)CC(C)(CO)CO. The maximum Gasteiger partial charge on any atom is 0.255 e. The third kappa shape index (κ3) is 3.78. The Morgan fingerprint density at radius 2 is 2.00 bits per heavy atom. The number of furan rings is 1. The van der Waals surface area contributed by atoms with Crippen molar-refractivity contribution in [3.63, 3.8) is 0 Å². The van der Waals surface area contributed by atoms with Crippen molar-refractivity contribution in [2.75, 3.05) is 26.8 Å². The van der Waals surface area contributed by atoms with Crippen molar-refractivity contribution < 1.29 is 19.4 Å². The predicted octanol–water partition coefficient (Wildman–Crippen LogP) is 1.71. The third-order valence-electron chi connectivity index (χ3n) is 3.82. The van der Waals surface area contributed by atoms with Gasteiger partial charge in [-0.15, -0.1) is 0 Å². The van der Waals surface area contributed by atoms with Crippen molar-refractivity contribution in [1.29, 1.82) is 0 Å². The molecule has 124 valence electrons. The summed E-state index contributed by atoms with van der Waals surface area (Å²) in [5.74, 6) is 0.447. The van der Waals surface area contributed by atoms with Crippen molar-refractivity contribution in [3.05, 3.63) is 41.8 Å². The van der Waals surface area contributed by atoms with Crippen LogP contribution in [0.3, 0.4) is 0 Å². The summed E-state index contributed by atoms with van der Waals surface area (Å²) in [5, 5.41) is 18.7. The quantitative estimate of drug-likeness (QED) is 0.847.